The van der Waals surface area contributed by atoms with Crippen LogP contribution in [0.3, 0.4) is 0 Å². The van der Waals surface area contributed by atoms with Crippen LogP contribution in [0, 0.1) is 5.92 Å². The van der Waals surface area contributed by atoms with Gasteiger partial charge in [0.05, 0.1) is 18.6 Å². The number of aliphatic hydroxyl groups excluding tert-OH is 2. The van der Waals surface area contributed by atoms with Crippen LogP contribution in [0.15, 0.2) is 0 Å². The lowest BCUT2D eigenvalue weighted by atomic mass is 9.96. The monoisotopic (exact) mass is 191 g/mol. The summed E-state index contributed by atoms with van der Waals surface area (Å²) in [6.45, 7) is 0.0470. The zero-order valence-electron chi connectivity index (χ0n) is 7.52. The van der Waals surface area contributed by atoms with Crippen LogP contribution in [0.2, 0.25) is 0 Å². The van der Waals surface area contributed by atoms with E-state index >= 15 is 0 Å². The van der Waals surface area contributed by atoms with Crippen molar-refractivity contribution in [1.29, 1.82) is 0 Å². The van der Waals surface area contributed by atoms with Gasteiger partial charge in [-0.3, -0.25) is 4.79 Å². The van der Waals surface area contributed by atoms with Crippen LogP contribution >= 0.6 is 0 Å². The van der Waals surface area contributed by atoms with E-state index in [-0.39, 0.29) is 6.42 Å². The zero-order valence-corrected chi connectivity index (χ0v) is 7.52. The summed E-state index contributed by atoms with van der Waals surface area (Å²) in [7, 11) is 0. The first-order valence-electron chi connectivity index (χ1n) is 4.33. The number of carbonyl (C=O) groups is 1. The molecule has 0 aliphatic carbocycles. The van der Waals surface area contributed by atoms with Crippen LogP contribution in [0.4, 0.5) is 0 Å². The first kappa shape index (κ1) is 12.3. The number of hydrogen-bond acceptors (Lipinski definition) is 4. The van der Waals surface area contributed by atoms with Crippen LogP contribution in [-0.4, -0.2) is 40.5 Å². The molecule has 0 aliphatic heterocycles. The number of nitrogens with two attached hydrogens (primary N) is 1. The number of aliphatic carboxylic acids is 1. The van der Waals surface area contributed by atoms with Gasteiger partial charge in [-0.1, -0.05) is 0 Å². The molecule has 2 atom stereocenters. The first-order chi connectivity index (χ1) is 6.11. The Balaban J connectivity index is 3.87. The fourth-order valence-electron chi connectivity index (χ4n) is 1.11. The van der Waals surface area contributed by atoms with Crippen molar-refractivity contribution < 1.29 is 20.1 Å². The normalized spacial score (nSPS) is 15.3. The van der Waals surface area contributed by atoms with Gasteiger partial charge in [-0.25, -0.2) is 0 Å². The molecule has 0 aliphatic rings. The molecule has 13 heavy (non-hydrogen) atoms. The Kier molecular flexibility index (Phi) is 6.48. The maximum Gasteiger partial charge on any atom is 0.306 e. The van der Waals surface area contributed by atoms with Crippen LogP contribution < -0.4 is 5.73 Å². The molecule has 0 heterocycles. The molecule has 0 radical (unpaired) electrons. The summed E-state index contributed by atoms with van der Waals surface area (Å²) in [6, 6.07) is 0. The third-order valence-electron chi connectivity index (χ3n) is 1.87. The lowest BCUT2D eigenvalue weighted by Crippen LogP contribution is -2.23. The average molecular weight is 191 g/mol. The van der Waals surface area contributed by atoms with Gasteiger partial charge in [0, 0.05) is 0 Å². The van der Waals surface area contributed by atoms with Gasteiger partial charge < -0.3 is 21.1 Å². The highest BCUT2D eigenvalue weighted by molar-refractivity contribution is 5.69. The molecule has 0 aromatic rings. The minimum atomic E-state index is -0.945. The Morgan fingerprint density at radius 1 is 1.46 bits per heavy atom. The van der Waals surface area contributed by atoms with E-state index in [0.717, 1.165) is 0 Å². The van der Waals surface area contributed by atoms with Crippen molar-refractivity contribution >= 4 is 5.97 Å². The van der Waals surface area contributed by atoms with Gasteiger partial charge in [-0.2, -0.15) is 0 Å². The fourth-order valence-corrected chi connectivity index (χ4v) is 1.11. The molecule has 78 valence electrons. The number of rotatable bonds is 7. The topological polar surface area (TPSA) is 104 Å². The second-order valence-corrected chi connectivity index (χ2v) is 3.04. The molecule has 0 fully saturated rings. The molecule has 0 saturated carbocycles. The highest BCUT2D eigenvalue weighted by Crippen LogP contribution is 2.13. The lowest BCUT2D eigenvalue weighted by Gasteiger charge is -2.14. The van der Waals surface area contributed by atoms with E-state index in [1.807, 2.05) is 0 Å². The van der Waals surface area contributed by atoms with Gasteiger partial charge in [0.1, 0.15) is 0 Å². The summed E-state index contributed by atoms with van der Waals surface area (Å²) in [5, 5.41) is 26.3. The van der Waals surface area contributed by atoms with Gasteiger partial charge in [-0.05, 0) is 25.8 Å². The van der Waals surface area contributed by atoms with E-state index in [1.54, 1.807) is 0 Å². The number of aliphatic hydroxyl groups is 2. The predicted octanol–water partition coefficient (Wildman–Crippen LogP) is -0.831. The fraction of sp³-hybridized carbons (Fsp3) is 0.875. The van der Waals surface area contributed by atoms with Gasteiger partial charge in [-0.15, -0.1) is 0 Å². The second-order valence-electron chi connectivity index (χ2n) is 3.04. The molecule has 0 bridgehead atoms. The number of carboxylic acids is 1. The van der Waals surface area contributed by atoms with E-state index in [4.69, 9.17) is 21.1 Å². The van der Waals surface area contributed by atoms with E-state index in [2.05, 4.69) is 0 Å². The number of hydrogen-bond donors (Lipinski definition) is 4. The van der Waals surface area contributed by atoms with Gasteiger partial charge in [0.2, 0.25) is 0 Å². The summed E-state index contributed by atoms with van der Waals surface area (Å²) in [4.78, 5) is 10.6. The van der Waals surface area contributed by atoms with Gasteiger partial charge in [0.15, 0.2) is 0 Å². The quantitative estimate of drug-likeness (QED) is 0.420. The third-order valence-corrected chi connectivity index (χ3v) is 1.87. The largest absolute Gasteiger partial charge is 0.481 e. The molecule has 0 saturated heterocycles. The Labute approximate surface area is 77.2 Å². The lowest BCUT2D eigenvalue weighted by molar-refractivity contribution is -0.143. The molecular formula is C8H17NO4. The van der Waals surface area contributed by atoms with Crippen molar-refractivity contribution in [2.45, 2.75) is 25.4 Å². The molecule has 5 heteroatoms. The predicted molar refractivity (Wildman–Crippen MR) is 47.1 cm³/mol. The van der Waals surface area contributed by atoms with Crippen molar-refractivity contribution in [3.8, 4) is 0 Å². The smallest absolute Gasteiger partial charge is 0.306 e. The van der Waals surface area contributed by atoms with Crippen molar-refractivity contribution in [3.63, 3.8) is 0 Å². The highest BCUT2D eigenvalue weighted by atomic mass is 16.4. The molecule has 5 nitrogen and oxygen atoms in total. The zero-order chi connectivity index (χ0) is 10.3. The SMILES string of the molecule is NCCCC(CC(O)CO)C(=O)O. The van der Waals surface area contributed by atoms with Crippen molar-refractivity contribution in [1.82, 2.24) is 0 Å². The van der Waals surface area contributed by atoms with Gasteiger partial charge in [0.25, 0.3) is 0 Å². The Morgan fingerprint density at radius 2 is 2.08 bits per heavy atom. The van der Waals surface area contributed by atoms with Gasteiger partial charge >= 0.3 is 5.97 Å². The molecule has 0 spiro atoms. The summed E-state index contributed by atoms with van der Waals surface area (Å²) in [5.41, 5.74) is 5.24. The Bertz CT molecular complexity index is 151. The molecule has 2 unspecified atom stereocenters. The Morgan fingerprint density at radius 3 is 2.46 bits per heavy atom. The molecule has 0 aromatic heterocycles. The standard InChI is InChI=1S/C8H17NO4/c9-3-1-2-6(8(12)13)4-7(11)5-10/h6-7,10-11H,1-5,9H2,(H,12,13). The molecule has 0 rings (SSSR count). The van der Waals surface area contributed by atoms with Crippen LogP contribution in [0.5, 0.6) is 0 Å². The maximum atomic E-state index is 10.6. The summed E-state index contributed by atoms with van der Waals surface area (Å²) < 4.78 is 0. The van der Waals surface area contributed by atoms with Crippen molar-refractivity contribution in [2.75, 3.05) is 13.2 Å². The van der Waals surface area contributed by atoms with E-state index in [0.29, 0.717) is 19.4 Å². The minimum Gasteiger partial charge on any atom is -0.481 e. The highest BCUT2D eigenvalue weighted by Gasteiger charge is 2.20. The van der Waals surface area contributed by atoms with Crippen molar-refractivity contribution in [3.05, 3.63) is 0 Å². The first-order valence-corrected chi connectivity index (χ1v) is 4.33. The molecular weight excluding hydrogens is 174 g/mol. The van der Waals surface area contributed by atoms with Crippen LogP contribution in [-0.2, 0) is 4.79 Å². The van der Waals surface area contributed by atoms with Crippen LogP contribution in [0.25, 0.3) is 0 Å². The third kappa shape index (κ3) is 5.57. The molecule has 0 aromatic carbocycles. The van der Waals surface area contributed by atoms with E-state index < -0.39 is 24.6 Å². The maximum absolute atomic E-state index is 10.6. The molecule has 5 N–H and O–H groups in total. The minimum absolute atomic E-state index is 0.0891. The summed E-state index contributed by atoms with van der Waals surface area (Å²) in [5.74, 6) is -1.55. The Hall–Kier alpha value is -0.650. The van der Waals surface area contributed by atoms with Crippen LogP contribution in [0.1, 0.15) is 19.3 Å². The van der Waals surface area contributed by atoms with Crippen molar-refractivity contribution in [2.24, 2.45) is 11.7 Å². The second kappa shape index (κ2) is 6.82. The summed E-state index contributed by atoms with van der Waals surface area (Å²) in [6.07, 6.45) is 0.211. The average Bonchev–Trinajstić information content (AvgIpc) is 2.11. The number of carboxylic acid groups (broad SMARTS) is 1. The molecule has 0 amide bonds. The van der Waals surface area contributed by atoms with E-state index in [9.17, 15) is 4.79 Å². The summed E-state index contributed by atoms with van der Waals surface area (Å²) >= 11 is 0. The van der Waals surface area contributed by atoms with E-state index in [1.165, 1.54) is 0 Å².